The molecule has 5 rings (SSSR count). The van der Waals surface area contributed by atoms with Gasteiger partial charge in [-0.1, -0.05) is 35.5 Å². The van der Waals surface area contributed by atoms with E-state index < -0.39 is 15.9 Å². The van der Waals surface area contributed by atoms with E-state index in [0.717, 1.165) is 17.3 Å². The summed E-state index contributed by atoms with van der Waals surface area (Å²) < 4.78 is 45.3. The Hall–Kier alpha value is -3.62. The predicted octanol–water partition coefficient (Wildman–Crippen LogP) is 4.12. The standard InChI is InChI=1S/C29H29ClN4O7S2/c1-18-14-24(26(40-3)16-21(18)30)34-28(36)20-6-4-5-7-22(20)32-29(34)42-17-27(35)31-23-15-19(8-9-25(23)39-2)43(37,38)33-10-12-41-13-11-33/h4-9,14-16H,10-13,17H2,1-3H3,(H,31,35). The normalized spacial score (nSPS) is 14.0. The van der Waals surface area contributed by atoms with Gasteiger partial charge in [0, 0.05) is 24.2 Å². The largest absolute Gasteiger partial charge is 0.495 e. The van der Waals surface area contributed by atoms with Gasteiger partial charge in [0.2, 0.25) is 15.9 Å². The smallest absolute Gasteiger partial charge is 0.266 e. The quantitative estimate of drug-likeness (QED) is 0.211. The van der Waals surface area contributed by atoms with Crippen LogP contribution in [0.5, 0.6) is 11.5 Å². The van der Waals surface area contributed by atoms with Crippen molar-refractivity contribution in [1.29, 1.82) is 0 Å². The highest BCUT2D eigenvalue weighted by Crippen LogP contribution is 2.33. The van der Waals surface area contributed by atoms with Gasteiger partial charge in [0.15, 0.2) is 5.16 Å². The number of rotatable bonds is 9. The maximum Gasteiger partial charge on any atom is 0.266 e. The van der Waals surface area contributed by atoms with Crippen molar-refractivity contribution < 1.29 is 27.4 Å². The monoisotopic (exact) mass is 644 g/mol. The van der Waals surface area contributed by atoms with Gasteiger partial charge in [0.1, 0.15) is 11.5 Å². The zero-order valence-electron chi connectivity index (χ0n) is 23.6. The van der Waals surface area contributed by atoms with Crippen LogP contribution in [0.1, 0.15) is 5.56 Å². The lowest BCUT2D eigenvalue weighted by molar-refractivity contribution is -0.113. The number of benzene rings is 3. The molecule has 1 aromatic heterocycles. The number of carbonyl (C=O) groups excluding carboxylic acids is 1. The number of fused-ring (bicyclic) bond motifs is 1. The van der Waals surface area contributed by atoms with Crippen LogP contribution in [0.3, 0.4) is 0 Å². The predicted molar refractivity (Wildman–Crippen MR) is 166 cm³/mol. The van der Waals surface area contributed by atoms with Crippen molar-refractivity contribution in [3.05, 3.63) is 75.5 Å². The Kier molecular flexibility index (Phi) is 9.28. The first kappa shape index (κ1) is 30.8. The number of hydrogen-bond donors (Lipinski definition) is 1. The summed E-state index contributed by atoms with van der Waals surface area (Å²) in [6.07, 6.45) is 0. The maximum atomic E-state index is 13.7. The molecule has 0 unspecified atom stereocenters. The Balaban J connectivity index is 1.46. The van der Waals surface area contributed by atoms with Crippen molar-refractivity contribution >= 4 is 55.9 Å². The fourth-order valence-corrected chi connectivity index (χ4v) is 7.00. The van der Waals surface area contributed by atoms with Gasteiger partial charge in [-0.25, -0.2) is 13.4 Å². The number of methoxy groups -OCH3 is 2. The number of nitrogens with zero attached hydrogens (tertiary/aromatic N) is 3. The second-order valence-corrected chi connectivity index (χ2v) is 12.8. The van der Waals surface area contributed by atoms with E-state index in [9.17, 15) is 18.0 Å². The molecule has 11 nitrogen and oxygen atoms in total. The first-order valence-corrected chi connectivity index (χ1v) is 16.0. The average Bonchev–Trinajstić information content (AvgIpc) is 3.01. The summed E-state index contributed by atoms with van der Waals surface area (Å²) in [7, 11) is -0.901. The van der Waals surface area contributed by atoms with E-state index in [0.29, 0.717) is 46.3 Å². The van der Waals surface area contributed by atoms with Gasteiger partial charge in [-0.05, 0) is 48.9 Å². The van der Waals surface area contributed by atoms with Crippen LogP contribution >= 0.6 is 23.4 Å². The molecule has 0 bridgehead atoms. The Bertz CT molecular complexity index is 1860. The number of thioether (sulfide) groups is 1. The van der Waals surface area contributed by atoms with Gasteiger partial charge in [-0.3, -0.25) is 14.2 Å². The summed E-state index contributed by atoms with van der Waals surface area (Å²) in [5.74, 6) is 0.0476. The lowest BCUT2D eigenvalue weighted by Gasteiger charge is -2.26. The Morgan fingerprint density at radius 3 is 2.51 bits per heavy atom. The van der Waals surface area contributed by atoms with E-state index in [1.54, 1.807) is 36.4 Å². The van der Waals surface area contributed by atoms with Crippen molar-refractivity contribution in [1.82, 2.24) is 13.9 Å². The Morgan fingerprint density at radius 1 is 1.07 bits per heavy atom. The highest BCUT2D eigenvalue weighted by Gasteiger charge is 2.27. The molecule has 1 aliphatic heterocycles. The summed E-state index contributed by atoms with van der Waals surface area (Å²) in [5, 5.41) is 3.88. The van der Waals surface area contributed by atoms with Crippen molar-refractivity contribution in [3.63, 3.8) is 0 Å². The minimum absolute atomic E-state index is 0.0217. The molecule has 0 radical (unpaired) electrons. The van der Waals surface area contributed by atoms with Gasteiger partial charge < -0.3 is 19.5 Å². The van der Waals surface area contributed by atoms with Crippen LogP contribution in [0.15, 0.2) is 69.4 Å². The molecule has 0 atom stereocenters. The number of carbonyl (C=O) groups is 1. The van der Waals surface area contributed by atoms with Crippen LogP contribution in [0.4, 0.5) is 5.69 Å². The van der Waals surface area contributed by atoms with Gasteiger partial charge in [0.05, 0.1) is 60.4 Å². The van der Waals surface area contributed by atoms with Crippen LogP contribution in [0.25, 0.3) is 16.6 Å². The molecule has 0 aliphatic carbocycles. The maximum absolute atomic E-state index is 13.7. The highest BCUT2D eigenvalue weighted by atomic mass is 35.5. The van der Waals surface area contributed by atoms with Crippen molar-refractivity contribution in [2.24, 2.45) is 0 Å². The van der Waals surface area contributed by atoms with Crippen LogP contribution < -0.4 is 20.3 Å². The number of aryl methyl sites for hydroxylation is 1. The summed E-state index contributed by atoms with van der Waals surface area (Å²) in [4.78, 5) is 31.7. The number of ether oxygens (including phenoxy) is 3. The summed E-state index contributed by atoms with van der Waals surface area (Å²) in [6.45, 7) is 2.92. The number of halogens is 1. The lowest BCUT2D eigenvalue weighted by Crippen LogP contribution is -2.40. The van der Waals surface area contributed by atoms with Crippen molar-refractivity contribution in [2.75, 3.05) is 51.6 Å². The minimum Gasteiger partial charge on any atom is -0.495 e. The number of aromatic nitrogens is 2. The number of para-hydroxylation sites is 1. The molecule has 2 heterocycles. The van der Waals surface area contributed by atoms with Gasteiger partial charge >= 0.3 is 0 Å². The van der Waals surface area contributed by atoms with Gasteiger partial charge in [0.25, 0.3) is 5.56 Å². The summed E-state index contributed by atoms with van der Waals surface area (Å²) in [6, 6.07) is 14.6. The van der Waals surface area contributed by atoms with E-state index in [2.05, 4.69) is 10.3 Å². The molecule has 1 amide bonds. The Morgan fingerprint density at radius 2 is 1.79 bits per heavy atom. The number of anilines is 1. The zero-order valence-corrected chi connectivity index (χ0v) is 26.0. The van der Waals surface area contributed by atoms with E-state index >= 15 is 0 Å². The van der Waals surface area contributed by atoms with Crippen LogP contribution in [-0.4, -0.2) is 74.5 Å². The SMILES string of the molecule is COc1ccc(S(=O)(=O)N2CCOCC2)cc1NC(=O)CSc1nc2ccccc2c(=O)n1-c1cc(C)c(Cl)cc1OC. The average molecular weight is 645 g/mol. The molecule has 1 N–H and O–H groups in total. The molecule has 0 spiro atoms. The summed E-state index contributed by atoms with van der Waals surface area (Å²) >= 11 is 7.36. The van der Waals surface area contributed by atoms with E-state index in [-0.39, 0.29) is 40.1 Å². The molecule has 43 heavy (non-hydrogen) atoms. The van der Waals surface area contributed by atoms with E-state index in [4.69, 9.17) is 25.8 Å². The second kappa shape index (κ2) is 12.9. The molecule has 1 saturated heterocycles. The third-order valence-electron chi connectivity index (χ3n) is 6.83. The Labute approximate surface area is 257 Å². The minimum atomic E-state index is -3.80. The fraction of sp³-hybridized carbons (Fsp3) is 0.276. The van der Waals surface area contributed by atoms with Crippen molar-refractivity contribution in [2.45, 2.75) is 17.0 Å². The lowest BCUT2D eigenvalue weighted by atomic mass is 10.2. The molecule has 1 fully saturated rings. The van der Waals surface area contributed by atoms with Crippen molar-refractivity contribution in [3.8, 4) is 17.2 Å². The zero-order chi connectivity index (χ0) is 30.7. The number of hydrogen-bond acceptors (Lipinski definition) is 9. The number of sulfonamides is 1. The topological polar surface area (TPSA) is 129 Å². The van der Waals surface area contributed by atoms with Crippen LogP contribution in [0.2, 0.25) is 5.02 Å². The first-order chi connectivity index (χ1) is 20.6. The molecule has 1 aliphatic rings. The number of morpholine rings is 1. The van der Waals surface area contributed by atoms with Gasteiger partial charge in [-0.2, -0.15) is 4.31 Å². The molecule has 0 saturated carbocycles. The van der Waals surface area contributed by atoms with Crippen LogP contribution in [-0.2, 0) is 19.6 Å². The molecular formula is C29H29ClN4O7S2. The summed E-state index contributed by atoms with van der Waals surface area (Å²) in [5.41, 5.74) is 1.49. The number of nitrogens with one attached hydrogen (secondary N) is 1. The van der Waals surface area contributed by atoms with Crippen LogP contribution in [0, 0.1) is 6.92 Å². The molecule has 226 valence electrons. The highest BCUT2D eigenvalue weighted by molar-refractivity contribution is 7.99. The molecule has 14 heteroatoms. The second-order valence-electron chi connectivity index (χ2n) is 9.54. The third kappa shape index (κ3) is 6.36. The molecule has 4 aromatic rings. The number of amides is 1. The fourth-order valence-electron chi connectivity index (χ4n) is 4.61. The molecular weight excluding hydrogens is 616 g/mol. The third-order valence-corrected chi connectivity index (χ3v) is 10.1. The van der Waals surface area contributed by atoms with E-state index in [1.807, 2.05) is 6.92 Å². The van der Waals surface area contributed by atoms with E-state index in [1.165, 1.54) is 41.3 Å². The molecule has 3 aromatic carbocycles. The first-order valence-electron chi connectivity index (χ1n) is 13.2. The van der Waals surface area contributed by atoms with Gasteiger partial charge in [-0.15, -0.1) is 0 Å².